The smallest absolute Gasteiger partial charge is 0.128 e. The molecular weight excluding hydrogens is 223 g/mol. The van der Waals surface area contributed by atoms with Crippen molar-refractivity contribution in [1.82, 2.24) is 0 Å². The second-order valence-corrected chi connectivity index (χ2v) is 4.71. The van der Waals surface area contributed by atoms with Gasteiger partial charge < -0.3 is 14.6 Å². The minimum absolute atomic E-state index is 0.0678. The quantitative estimate of drug-likeness (QED) is 0.813. The van der Waals surface area contributed by atoms with Gasteiger partial charge in [0.1, 0.15) is 17.7 Å². The molecule has 3 atom stereocenters. The molecule has 1 aromatic carbocycles. The van der Waals surface area contributed by atoms with Gasteiger partial charge in [-0.1, -0.05) is 0 Å². The molecule has 1 aromatic rings. The number of aliphatic hydroxyl groups excluding tert-OH is 1. The van der Waals surface area contributed by atoms with Gasteiger partial charge in [0.05, 0.1) is 12.7 Å². The summed E-state index contributed by atoms with van der Waals surface area (Å²) >= 11 is 0. The number of rotatable bonds is 1. The summed E-state index contributed by atoms with van der Waals surface area (Å²) in [5.41, 5.74) is 0.682. The summed E-state index contributed by atoms with van der Waals surface area (Å²) in [7, 11) is 0. The van der Waals surface area contributed by atoms with Crippen molar-refractivity contribution in [3.63, 3.8) is 0 Å². The van der Waals surface area contributed by atoms with Crippen LogP contribution in [0.2, 0.25) is 0 Å². The Hall–Kier alpha value is -1.13. The average molecular weight is 238 g/mol. The Morgan fingerprint density at radius 2 is 2.24 bits per heavy atom. The van der Waals surface area contributed by atoms with Crippen molar-refractivity contribution in [1.29, 1.82) is 0 Å². The van der Waals surface area contributed by atoms with Crippen molar-refractivity contribution >= 4 is 0 Å². The lowest BCUT2D eigenvalue weighted by Crippen LogP contribution is -2.33. The lowest BCUT2D eigenvalue weighted by atomic mass is 9.91. The van der Waals surface area contributed by atoms with Crippen molar-refractivity contribution in [3.05, 3.63) is 29.6 Å². The molecule has 2 aliphatic rings. The van der Waals surface area contributed by atoms with Crippen LogP contribution in [-0.4, -0.2) is 24.4 Å². The predicted molar refractivity (Wildman–Crippen MR) is 59.3 cm³/mol. The van der Waals surface area contributed by atoms with Gasteiger partial charge in [-0.25, -0.2) is 4.39 Å². The van der Waals surface area contributed by atoms with E-state index >= 15 is 0 Å². The summed E-state index contributed by atoms with van der Waals surface area (Å²) in [4.78, 5) is 0. The maximum Gasteiger partial charge on any atom is 0.128 e. The lowest BCUT2D eigenvalue weighted by Gasteiger charge is -2.32. The maximum absolute atomic E-state index is 13.1. The van der Waals surface area contributed by atoms with Gasteiger partial charge in [-0.15, -0.1) is 0 Å². The van der Waals surface area contributed by atoms with E-state index < -0.39 is 6.10 Å². The van der Waals surface area contributed by atoms with Gasteiger partial charge in [0.2, 0.25) is 0 Å². The second-order valence-electron chi connectivity index (χ2n) is 4.71. The molecular formula is C13H15FO3. The molecule has 1 fully saturated rings. The molecule has 1 N–H and O–H groups in total. The highest BCUT2D eigenvalue weighted by Crippen LogP contribution is 2.38. The zero-order chi connectivity index (χ0) is 11.8. The van der Waals surface area contributed by atoms with Crippen molar-refractivity contribution < 1.29 is 19.0 Å². The van der Waals surface area contributed by atoms with Crippen LogP contribution in [0.25, 0.3) is 0 Å². The highest BCUT2D eigenvalue weighted by Gasteiger charge is 2.34. The molecule has 0 spiro atoms. The molecule has 2 aliphatic heterocycles. The Labute approximate surface area is 99.2 Å². The van der Waals surface area contributed by atoms with Gasteiger partial charge in [-0.05, 0) is 18.6 Å². The third-order valence-corrected chi connectivity index (χ3v) is 3.56. The van der Waals surface area contributed by atoms with E-state index in [9.17, 15) is 9.50 Å². The second kappa shape index (κ2) is 4.27. The fraction of sp³-hybridized carbons (Fsp3) is 0.538. The summed E-state index contributed by atoms with van der Waals surface area (Å²) in [6.45, 7) is 1.42. The number of hydrogen-bond acceptors (Lipinski definition) is 3. The molecule has 92 valence electrons. The summed E-state index contributed by atoms with van der Waals surface area (Å²) in [5.74, 6) is 0.445. The predicted octanol–water partition coefficient (Wildman–Crippen LogP) is 2.05. The van der Waals surface area contributed by atoms with E-state index in [0.717, 1.165) is 13.0 Å². The van der Waals surface area contributed by atoms with E-state index in [1.165, 1.54) is 12.1 Å². The van der Waals surface area contributed by atoms with Crippen LogP contribution in [-0.2, 0) is 4.74 Å². The first kappa shape index (κ1) is 11.0. The first-order valence-electron chi connectivity index (χ1n) is 5.96. The Morgan fingerprint density at radius 3 is 3.00 bits per heavy atom. The van der Waals surface area contributed by atoms with Gasteiger partial charge in [0.15, 0.2) is 0 Å². The zero-order valence-corrected chi connectivity index (χ0v) is 9.43. The molecule has 0 amide bonds. The third kappa shape index (κ3) is 2.03. The van der Waals surface area contributed by atoms with Crippen molar-refractivity contribution in [2.45, 2.75) is 25.0 Å². The number of fused-ring (bicyclic) bond motifs is 1. The third-order valence-electron chi connectivity index (χ3n) is 3.56. The SMILES string of the molecule is O[C@@H]1CC(C2CCOC2)Oc2cc(F)ccc21. The summed E-state index contributed by atoms with van der Waals surface area (Å²) < 4.78 is 24.2. The van der Waals surface area contributed by atoms with E-state index in [2.05, 4.69) is 0 Å². The topological polar surface area (TPSA) is 38.7 Å². The number of aliphatic hydroxyl groups is 1. The molecule has 3 rings (SSSR count). The van der Waals surface area contributed by atoms with Gasteiger partial charge in [-0.3, -0.25) is 0 Å². The Kier molecular flexibility index (Phi) is 2.76. The minimum Gasteiger partial charge on any atom is -0.489 e. The molecule has 4 heteroatoms. The average Bonchev–Trinajstić information content (AvgIpc) is 2.81. The first-order chi connectivity index (χ1) is 8.24. The van der Waals surface area contributed by atoms with Crippen molar-refractivity contribution in [2.75, 3.05) is 13.2 Å². The number of halogens is 1. The van der Waals surface area contributed by atoms with Gasteiger partial charge in [0.25, 0.3) is 0 Å². The molecule has 2 heterocycles. The standard InChI is InChI=1S/C13H15FO3/c14-9-1-2-10-11(15)6-12(17-13(10)5-9)8-3-4-16-7-8/h1-2,5,8,11-12,15H,3-4,6-7H2/t8?,11-,12?/m1/s1. The van der Waals surface area contributed by atoms with Gasteiger partial charge in [-0.2, -0.15) is 0 Å². The van der Waals surface area contributed by atoms with Crippen LogP contribution < -0.4 is 4.74 Å². The number of hydrogen-bond donors (Lipinski definition) is 1. The van der Waals surface area contributed by atoms with Crippen molar-refractivity contribution in [3.8, 4) is 5.75 Å². The maximum atomic E-state index is 13.1. The van der Waals surface area contributed by atoms with Crippen LogP contribution in [0, 0.1) is 11.7 Å². The fourth-order valence-electron chi connectivity index (χ4n) is 2.58. The van der Waals surface area contributed by atoms with Crippen LogP contribution in [0.4, 0.5) is 4.39 Å². The Morgan fingerprint density at radius 1 is 1.35 bits per heavy atom. The van der Waals surface area contributed by atoms with E-state index in [-0.39, 0.29) is 11.9 Å². The zero-order valence-electron chi connectivity index (χ0n) is 9.43. The normalized spacial score (nSPS) is 32.0. The summed E-state index contributed by atoms with van der Waals surface area (Å²) in [6.07, 6.45) is 0.876. The van der Waals surface area contributed by atoms with E-state index in [1.54, 1.807) is 6.07 Å². The highest BCUT2D eigenvalue weighted by atomic mass is 19.1. The summed E-state index contributed by atoms with van der Waals surface area (Å²) in [6, 6.07) is 4.29. The van der Waals surface area contributed by atoms with Crippen LogP contribution in [0.15, 0.2) is 18.2 Å². The van der Waals surface area contributed by atoms with Crippen LogP contribution in [0.5, 0.6) is 5.75 Å². The van der Waals surface area contributed by atoms with E-state index in [0.29, 0.717) is 30.3 Å². The first-order valence-corrected chi connectivity index (χ1v) is 5.96. The fourth-order valence-corrected chi connectivity index (χ4v) is 2.58. The summed E-state index contributed by atoms with van der Waals surface area (Å²) in [5, 5.41) is 10.0. The molecule has 0 aromatic heterocycles. The molecule has 1 saturated heterocycles. The molecule has 0 saturated carbocycles. The van der Waals surface area contributed by atoms with E-state index in [4.69, 9.17) is 9.47 Å². The van der Waals surface area contributed by atoms with Crippen LogP contribution in [0.3, 0.4) is 0 Å². The molecule has 17 heavy (non-hydrogen) atoms. The monoisotopic (exact) mass is 238 g/mol. The lowest BCUT2D eigenvalue weighted by molar-refractivity contribution is 0.0299. The minimum atomic E-state index is -0.565. The van der Waals surface area contributed by atoms with Gasteiger partial charge in [0, 0.05) is 30.6 Å². The number of benzene rings is 1. The molecule has 2 unspecified atom stereocenters. The molecule has 0 aliphatic carbocycles. The van der Waals surface area contributed by atoms with E-state index in [1.807, 2.05) is 0 Å². The van der Waals surface area contributed by atoms with Crippen molar-refractivity contribution in [2.24, 2.45) is 5.92 Å². The molecule has 0 radical (unpaired) electrons. The largest absolute Gasteiger partial charge is 0.489 e. The number of ether oxygens (including phenoxy) is 2. The Balaban J connectivity index is 1.85. The van der Waals surface area contributed by atoms with Gasteiger partial charge >= 0.3 is 0 Å². The molecule has 0 bridgehead atoms. The Bertz CT molecular complexity index is 415. The van der Waals surface area contributed by atoms with Crippen LogP contribution >= 0.6 is 0 Å². The molecule has 3 nitrogen and oxygen atoms in total. The van der Waals surface area contributed by atoms with Crippen LogP contribution in [0.1, 0.15) is 24.5 Å². The highest BCUT2D eigenvalue weighted by molar-refractivity contribution is 5.37.